The fraction of sp³-hybridized carbons (Fsp3) is 0.500. The zero-order valence-corrected chi connectivity index (χ0v) is 14.4. The Morgan fingerprint density at radius 1 is 1.22 bits per heavy atom. The van der Waals surface area contributed by atoms with Crippen LogP contribution < -0.4 is 16.2 Å². The van der Waals surface area contributed by atoms with Crippen molar-refractivity contribution in [3.63, 3.8) is 0 Å². The molecule has 0 aliphatic rings. The Kier molecular flexibility index (Phi) is 9.20. The van der Waals surface area contributed by atoms with Gasteiger partial charge in [0.15, 0.2) is 5.11 Å². The maximum atomic E-state index is 11.7. The summed E-state index contributed by atoms with van der Waals surface area (Å²) in [6, 6.07) is 9.39. The number of aliphatic hydroxyl groups is 1. The average molecular weight is 339 g/mol. The second kappa shape index (κ2) is 10.9. The Labute approximate surface area is 142 Å². The molecule has 1 atom stereocenters. The summed E-state index contributed by atoms with van der Waals surface area (Å²) in [6.45, 7) is 4.92. The second-order valence-electron chi connectivity index (χ2n) is 5.62. The lowest BCUT2D eigenvalue weighted by atomic mass is 10.2. The third kappa shape index (κ3) is 9.83. The molecular formula is C16H25N3O3S. The van der Waals surface area contributed by atoms with Gasteiger partial charge in [-0.2, -0.15) is 0 Å². The first kappa shape index (κ1) is 19.3. The number of aliphatic hydroxyl groups excluding tert-OH is 1. The SMILES string of the molecule is CC(C)COC[C@H](O)CCC(=O)NNC(=S)Nc1ccccc1. The van der Waals surface area contributed by atoms with Crippen molar-refractivity contribution >= 4 is 28.9 Å². The summed E-state index contributed by atoms with van der Waals surface area (Å²) in [6.07, 6.45) is -0.119. The van der Waals surface area contributed by atoms with Crippen molar-refractivity contribution in [1.82, 2.24) is 10.9 Å². The van der Waals surface area contributed by atoms with E-state index >= 15 is 0 Å². The number of benzene rings is 1. The lowest BCUT2D eigenvalue weighted by Gasteiger charge is -2.14. The third-order valence-electron chi connectivity index (χ3n) is 2.81. The van der Waals surface area contributed by atoms with Gasteiger partial charge in [-0.15, -0.1) is 0 Å². The number of hydrazine groups is 1. The Morgan fingerprint density at radius 2 is 1.91 bits per heavy atom. The lowest BCUT2D eigenvalue weighted by molar-refractivity contribution is -0.122. The van der Waals surface area contributed by atoms with E-state index in [2.05, 4.69) is 16.2 Å². The highest BCUT2D eigenvalue weighted by Crippen LogP contribution is 2.04. The lowest BCUT2D eigenvalue weighted by Crippen LogP contribution is -2.43. The summed E-state index contributed by atoms with van der Waals surface area (Å²) >= 11 is 5.07. The quantitative estimate of drug-likeness (QED) is 0.427. The fourth-order valence-corrected chi connectivity index (χ4v) is 1.86. The minimum atomic E-state index is -0.645. The van der Waals surface area contributed by atoms with E-state index in [-0.39, 0.29) is 18.9 Å². The van der Waals surface area contributed by atoms with Crippen LogP contribution in [0.4, 0.5) is 5.69 Å². The van der Waals surface area contributed by atoms with Crippen LogP contribution in [0.25, 0.3) is 0 Å². The number of hydrogen-bond acceptors (Lipinski definition) is 4. The zero-order valence-electron chi connectivity index (χ0n) is 13.5. The van der Waals surface area contributed by atoms with Gasteiger partial charge < -0.3 is 15.2 Å². The van der Waals surface area contributed by atoms with Gasteiger partial charge in [-0.25, -0.2) is 0 Å². The number of thiocarbonyl (C=S) groups is 1. The molecule has 0 fully saturated rings. The summed E-state index contributed by atoms with van der Waals surface area (Å²) in [5.41, 5.74) is 5.94. The van der Waals surface area contributed by atoms with Crippen LogP contribution in [0.2, 0.25) is 0 Å². The van der Waals surface area contributed by atoms with Crippen LogP contribution in [0.1, 0.15) is 26.7 Å². The molecular weight excluding hydrogens is 314 g/mol. The van der Waals surface area contributed by atoms with Crippen molar-refractivity contribution in [1.29, 1.82) is 0 Å². The van der Waals surface area contributed by atoms with Crippen LogP contribution in [-0.4, -0.2) is 35.4 Å². The Hall–Kier alpha value is -1.70. The second-order valence-corrected chi connectivity index (χ2v) is 6.03. The fourth-order valence-electron chi connectivity index (χ4n) is 1.69. The third-order valence-corrected chi connectivity index (χ3v) is 3.02. The maximum absolute atomic E-state index is 11.7. The van der Waals surface area contributed by atoms with Crippen LogP contribution in [0.15, 0.2) is 30.3 Å². The topological polar surface area (TPSA) is 82.6 Å². The van der Waals surface area contributed by atoms with Gasteiger partial charge in [0.25, 0.3) is 0 Å². The molecule has 0 unspecified atom stereocenters. The van der Waals surface area contributed by atoms with E-state index in [9.17, 15) is 9.90 Å². The smallest absolute Gasteiger partial charge is 0.238 e. The van der Waals surface area contributed by atoms with Crippen molar-refractivity contribution < 1.29 is 14.6 Å². The van der Waals surface area contributed by atoms with Crippen molar-refractivity contribution in [2.45, 2.75) is 32.8 Å². The van der Waals surface area contributed by atoms with Gasteiger partial charge in [0.2, 0.25) is 5.91 Å². The van der Waals surface area contributed by atoms with Crippen LogP contribution in [0.5, 0.6) is 0 Å². The largest absolute Gasteiger partial charge is 0.391 e. The van der Waals surface area contributed by atoms with Gasteiger partial charge in [0, 0.05) is 18.7 Å². The normalized spacial score (nSPS) is 11.8. The first-order chi connectivity index (χ1) is 11.0. The minimum Gasteiger partial charge on any atom is -0.391 e. The summed E-state index contributed by atoms with van der Waals surface area (Å²) in [5, 5.41) is 13.0. The average Bonchev–Trinajstić information content (AvgIpc) is 2.51. The summed E-state index contributed by atoms with van der Waals surface area (Å²) in [7, 11) is 0. The van der Waals surface area contributed by atoms with Gasteiger partial charge in [0.05, 0.1) is 12.7 Å². The number of para-hydroxylation sites is 1. The highest BCUT2D eigenvalue weighted by atomic mass is 32.1. The molecule has 0 heterocycles. The van der Waals surface area contributed by atoms with E-state index in [0.717, 1.165) is 5.69 Å². The van der Waals surface area contributed by atoms with E-state index < -0.39 is 6.10 Å². The molecule has 0 radical (unpaired) electrons. The van der Waals surface area contributed by atoms with Gasteiger partial charge >= 0.3 is 0 Å². The van der Waals surface area contributed by atoms with Crippen molar-refractivity contribution in [3.8, 4) is 0 Å². The van der Waals surface area contributed by atoms with Gasteiger partial charge in [0.1, 0.15) is 0 Å². The molecule has 0 aliphatic carbocycles. The van der Waals surface area contributed by atoms with Crippen molar-refractivity contribution in [2.24, 2.45) is 5.92 Å². The van der Waals surface area contributed by atoms with Crippen LogP contribution >= 0.6 is 12.2 Å². The number of nitrogens with one attached hydrogen (secondary N) is 3. The zero-order chi connectivity index (χ0) is 17.1. The molecule has 23 heavy (non-hydrogen) atoms. The highest BCUT2D eigenvalue weighted by molar-refractivity contribution is 7.80. The van der Waals surface area contributed by atoms with Crippen LogP contribution in [0, 0.1) is 5.92 Å². The van der Waals surface area contributed by atoms with E-state index in [1.165, 1.54) is 0 Å². The maximum Gasteiger partial charge on any atom is 0.238 e. The molecule has 1 amide bonds. The summed E-state index contributed by atoms with van der Waals surface area (Å²) in [4.78, 5) is 11.7. The molecule has 128 valence electrons. The molecule has 4 N–H and O–H groups in total. The predicted octanol–water partition coefficient (Wildman–Crippen LogP) is 1.82. The van der Waals surface area contributed by atoms with E-state index in [0.29, 0.717) is 24.1 Å². The Bertz CT molecular complexity index is 483. The molecule has 0 saturated carbocycles. The summed E-state index contributed by atoms with van der Waals surface area (Å²) < 4.78 is 5.33. The van der Waals surface area contributed by atoms with Crippen LogP contribution in [-0.2, 0) is 9.53 Å². The van der Waals surface area contributed by atoms with E-state index in [1.807, 2.05) is 44.2 Å². The molecule has 0 saturated heterocycles. The monoisotopic (exact) mass is 339 g/mol. The first-order valence-corrected chi connectivity index (χ1v) is 8.05. The molecule has 1 rings (SSSR count). The van der Waals surface area contributed by atoms with Gasteiger partial charge in [-0.1, -0.05) is 32.0 Å². The van der Waals surface area contributed by atoms with Crippen molar-refractivity contribution in [3.05, 3.63) is 30.3 Å². The molecule has 0 aromatic heterocycles. The number of ether oxygens (including phenoxy) is 1. The number of anilines is 1. The Morgan fingerprint density at radius 3 is 2.57 bits per heavy atom. The molecule has 0 bridgehead atoms. The van der Waals surface area contributed by atoms with Gasteiger partial charge in [-0.3, -0.25) is 15.6 Å². The number of carbonyl (C=O) groups is 1. The molecule has 0 spiro atoms. The van der Waals surface area contributed by atoms with Crippen LogP contribution in [0.3, 0.4) is 0 Å². The molecule has 1 aromatic rings. The number of hydrogen-bond donors (Lipinski definition) is 4. The molecule has 1 aromatic carbocycles. The minimum absolute atomic E-state index is 0.188. The van der Waals surface area contributed by atoms with Gasteiger partial charge in [-0.05, 0) is 36.7 Å². The number of carbonyl (C=O) groups excluding carboxylic acids is 1. The van der Waals surface area contributed by atoms with E-state index in [1.54, 1.807) is 0 Å². The number of rotatable bonds is 8. The first-order valence-electron chi connectivity index (χ1n) is 7.64. The molecule has 6 nitrogen and oxygen atoms in total. The van der Waals surface area contributed by atoms with E-state index in [4.69, 9.17) is 17.0 Å². The van der Waals surface area contributed by atoms with Crippen molar-refractivity contribution in [2.75, 3.05) is 18.5 Å². The number of amides is 1. The summed E-state index contributed by atoms with van der Waals surface area (Å²) in [5.74, 6) is 0.179. The highest BCUT2D eigenvalue weighted by Gasteiger charge is 2.09. The molecule has 7 heteroatoms. The molecule has 0 aliphatic heterocycles. The predicted molar refractivity (Wildman–Crippen MR) is 94.8 cm³/mol. The Balaban J connectivity index is 2.13. The standard InChI is InChI=1S/C16H25N3O3S/c1-12(2)10-22-11-14(20)8-9-15(21)18-19-16(23)17-13-6-4-3-5-7-13/h3-7,12,14,20H,8-11H2,1-2H3,(H,18,21)(H2,17,19,23)/t14-/m1/s1.